The van der Waals surface area contributed by atoms with Gasteiger partial charge in [-0.3, -0.25) is 0 Å². The molecule has 2 N–H and O–H groups in total. The van der Waals surface area contributed by atoms with Crippen LogP contribution in [0.1, 0.15) is 5.56 Å². The molecule has 2 aromatic carbocycles. The van der Waals surface area contributed by atoms with Gasteiger partial charge in [-0.1, -0.05) is 0 Å². The summed E-state index contributed by atoms with van der Waals surface area (Å²) in [5.74, 6) is -0.270. The summed E-state index contributed by atoms with van der Waals surface area (Å²) in [6.07, 6.45) is 0. The van der Waals surface area contributed by atoms with Crippen molar-refractivity contribution >= 4 is 9.84 Å². The number of hydrogen-bond acceptors (Lipinski definition) is 5. The molecule has 6 heteroatoms. The molecular formula is C14H14O5S. The number of phenolic OH excluding ortho intramolecular Hbond substituents is 2. The van der Waals surface area contributed by atoms with Crippen LogP contribution in [0.5, 0.6) is 17.2 Å². The van der Waals surface area contributed by atoms with Crippen molar-refractivity contribution in [3.05, 3.63) is 42.0 Å². The molecule has 0 fully saturated rings. The summed E-state index contributed by atoms with van der Waals surface area (Å²) < 4.78 is 29.9. The highest BCUT2D eigenvalue weighted by Gasteiger charge is 2.21. The Morgan fingerprint density at radius 3 is 2.10 bits per heavy atom. The Morgan fingerprint density at radius 2 is 1.55 bits per heavy atom. The minimum Gasteiger partial charge on any atom is -0.504 e. The molecule has 106 valence electrons. The van der Waals surface area contributed by atoms with Crippen molar-refractivity contribution in [3.63, 3.8) is 0 Å². The number of phenols is 2. The normalized spacial score (nSPS) is 11.3. The molecule has 0 atom stereocenters. The number of aromatic hydroxyl groups is 2. The first-order valence-electron chi connectivity index (χ1n) is 5.78. The molecule has 5 nitrogen and oxygen atoms in total. The average Bonchev–Trinajstić information content (AvgIpc) is 2.42. The lowest BCUT2D eigenvalue weighted by Crippen LogP contribution is -2.04. The Hall–Kier alpha value is -2.21. The Bertz CT molecular complexity index is 733. The summed E-state index contributed by atoms with van der Waals surface area (Å²) in [5.41, 5.74) is 0.358. The van der Waals surface area contributed by atoms with E-state index in [-0.39, 0.29) is 15.5 Å². The van der Waals surface area contributed by atoms with Gasteiger partial charge in [-0.25, -0.2) is 8.42 Å². The van der Waals surface area contributed by atoms with E-state index in [2.05, 4.69) is 0 Å². The molecule has 0 aromatic heterocycles. The highest BCUT2D eigenvalue weighted by Crippen LogP contribution is 2.33. The Balaban J connectivity index is 2.57. The van der Waals surface area contributed by atoms with Gasteiger partial charge in [0.15, 0.2) is 11.5 Å². The van der Waals surface area contributed by atoms with Crippen molar-refractivity contribution < 1.29 is 23.4 Å². The number of methoxy groups -OCH3 is 1. The summed E-state index contributed by atoms with van der Waals surface area (Å²) in [4.78, 5) is 0.0458. The summed E-state index contributed by atoms with van der Waals surface area (Å²) >= 11 is 0. The summed E-state index contributed by atoms with van der Waals surface area (Å²) in [5, 5.41) is 18.9. The van der Waals surface area contributed by atoms with Gasteiger partial charge in [0, 0.05) is 6.07 Å². The van der Waals surface area contributed by atoms with Gasteiger partial charge < -0.3 is 14.9 Å². The molecule has 0 radical (unpaired) electrons. The first kappa shape index (κ1) is 14.2. The zero-order valence-corrected chi connectivity index (χ0v) is 11.8. The lowest BCUT2D eigenvalue weighted by Gasteiger charge is -2.10. The van der Waals surface area contributed by atoms with Gasteiger partial charge in [0.1, 0.15) is 5.75 Å². The topological polar surface area (TPSA) is 83.8 Å². The molecule has 2 rings (SSSR count). The minimum atomic E-state index is -3.76. The van der Waals surface area contributed by atoms with E-state index in [9.17, 15) is 18.6 Å². The van der Waals surface area contributed by atoms with E-state index in [0.29, 0.717) is 11.3 Å². The van der Waals surface area contributed by atoms with Crippen LogP contribution >= 0.6 is 0 Å². The zero-order chi connectivity index (χ0) is 14.9. The Labute approximate surface area is 117 Å². The second-order valence-electron chi connectivity index (χ2n) is 4.29. The third kappa shape index (κ3) is 2.42. The fourth-order valence-corrected chi connectivity index (χ4v) is 3.33. The van der Waals surface area contributed by atoms with Crippen molar-refractivity contribution in [2.24, 2.45) is 0 Å². The third-order valence-electron chi connectivity index (χ3n) is 2.93. The third-order valence-corrected chi connectivity index (χ3v) is 4.84. The fourth-order valence-electron chi connectivity index (χ4n) is 1.83. The molecule has 0 unspecified atom stereocenters. The number of hydrogen-bond donors (Lipinski definition) is 2. The molecule has 0 saturated carbocycles. The van der Waals surface area contributed by atoms with Crippen LogP contribution in [0, 0.1) is 6.92 Å². The van der Waals surface area contributed by atoms with Crippen LogP contribution < -0.4 is 4.74 Å². The molecule has 0 aliphatic carbocycles. The molecule has 0 aliphatic heterocycles. The maximum Gasteiger partial charge on any atom is 0.206 e. The first-order valence-corrected chi connectivity index (χ1v) is 7.26. The van der Waals surface area contributed by atoms with Gasteiger partial charge in [0.05, 0.1) is 16.9 Å². The molecule has 0 spiro atoms. The molecule has 0 amide bonds. The highest BCUT2D eigenvalue weighted by atomic mass is 32.2. The van der Waals surface area contributed by atoms with E-state index in [1.54, 1.807) is 19.1 Å². The number of aryl methyl sites for hydroxylation is 1. The molecular weight excluding hydrogens is 280 g/mol. The summed E-state index contributed by atoms with van der Waals surface area (Å²) in [6.45, 7) is 1.55. The predicted molar refractivity (Wildman–Crippen MR) is 73.0 cm³/mol. The lowest BCUT2D eigenvalue weighted by molar-refractivity contribution is 0.401. The van der Waals surface area contributed by atoms with Crippen molar-refractivity contribution in [1.82, 2.24) is 0 Å². The van der Waals surface area contributed by atoms with Gasteiger partial charge in [0.25, 0.3) is 0 Å². The van der Waals surface area contributed by atoms with Crippen LogP contribution in [0.3, 0.4) is 0 Å². The summed E-state index contributed by atoms with van der Waals surface area (Å²) in [6, 6.07) is 8.20. The Morgan fingerprint density at radius 1 is 1.00 bits per heavy atom. The van der Waals surface area contributed by atoms with Gasteiger partial charge in [-0.15, -0.1) is 0 Å². The molecule has 0 aliphatic rings. The average molecular weight is 294 g/mol. The maximum atomic E-state index is 12.5. The van der Waals surface area contributed by atoms with Crippen molar-refractivity contribution in [2.75, 3.05) is 7.11 Å². The first-order chi connectivity index (χ1) is 9.36. The quantitative estimate of drug-likeness (QED) is 0.848. The van der Waals surface area contributed by atoms with Crippen LogP contribution in [0.25, 0.3) is 0 Å². The highest BCUT2D eigenvalue weighted by molar-refractivity contribution is 7.91. The second kappa shape index (κ2) is 5.05. The SMILES string of the molecule is COc1ccc(S(=O)(=O)c2cc(O)c(O)cc2C)cc1. The van der Waals surface area contributed by atoms with Crippen molar-refractivity contribution in [2.45, 2.75) is 16.7 Å². The molecule has 2 aromatic rings. The van der Waals surface area contributed by atoms with E-state index in [0.717, 1.165) is 6.07 Å². The number of sulfone groups is 1. The number of ether oxygens (including phenoxy) is 1. The molecule has 0 heterocycles. The predicted octanol–water partition coefficient (Wildman–Crippen LogP) is 2.25. The van der Waals surface area contributed by atoms with E-state index in [4.69, 9.17) is 4.74 Å². The summed E-state index contributed by atoms with van der Waals surface area (Å²) in [7, 11) is -2.27. The standard InChI is InChI=1S/C14H14O5S/c1-9-7-12(15)13(16)8-14(9)20(17,18)11-5-3-10(19-2)4-6-11/h3-8,15-16H,1-2H3. The Kier molecular flexibility index (Phi) is 3.59. The van der Waals surface area contributed by atoms with Crippen LogP contribution in [0.15, 0.2) is 46.2 Å². The van der Waals surface area contributed by atoms with E-state index >= 15 is 0 Å². The molecule has 0 saturated heterocycles. The second-order valence-corrected chi connectivity index (χ2v) is 6.20. The van der Waals surface area contributed by atoms with Gasteiger partial charge in [0.2, 0.25) is 9.84 Å². The van der Waals surface area contributed by atoms with Crippen LogP contribution in [0.2, 0.25) is 0 Å². The van der Waals surface area contributed by atoms with Crippen molar-refractivity contribution in [3.8, 4) is 17.2 Å². The fraction of sp³-hybridized carbons (Fsp3) is 0.143. The van der Waals surface area contributed by atoms with Crippen LogP contribution in [0.4, 0.5) is 0 Å². The lowest BCUT2D eigenvalue weighted by atomic mass is 10.2. The maximum absolute atomic E-state index is 12.5. The van der Waals surface area contributed by atoms with Crippen LogP contribution in [-0.2, 0) is 9.84 Å². The number of rotatable bonds is 3. The van der Waals surface area contributed by atoms with E-state index < -0.39 is 15.6 Å². The molecule has 0 bridgehead atoms. The van der Waals surface area contributed by atoms with Gasteiger partial charge >= 0.3 is 0 Å². The van der Waals surface area contributed by atoms with E-state index in [1.165, 1.54) is 25.3 Å². The van der Waals surface area contributed by atoms with Crippen molar-refractivity contribution in [1.29, 1.82) is 0 Å². The monoisotopic (exact) mass is 294 g/mol. The minimum absolute atomic E-state index is 0.0435. The van der Waals surface area contributed by atoms with Crippen LogP contribution in [-0.4, -0.2) is 25.7 Å². The van der Waals surface area contributed by atoms with E-state index in [1.807, 2.05) is 0 Å². The molecule has 20 heavy (non-hydrogen) atoms. The largest absolute Gasteiger partial charge is 0.504 e. The van der Waals surface area contributed by atoms with Gasteiger partial charge in [-0.05, 0) is 42.8 Å². The zero-order valence-electron chi connectivity index (χ0n) is 11.0. The van der Waals surface area contributed by atoms with Gasteiger partial charge in [-0.2, -0.15) is 0 Å². The smallest absolute Gasteiger partial charge is 0.206 e. The number of benzene rings is 2.